The zero-order valence-electron chi connectivity index (χ0n) is 15.8. The molecule has 7 nitrogen and oxygen atoms in total. The third-order valence-electron chi connectivity index (χ3n) is 5.86. The van der Waals surface area contributed by atoms with Gasteiger partial charge in [-0.25, -0.2) is 4.79 Å². The lowest BCUT2D eigenvalue weighted by molar-refractivity contribution is -0.135. The lowest BCUT2D eigenvalue weighted by Gasteiger charge is -2.36. The van der Waals surface area contributed by atoms with E-state index in [1.54, 1.807) is 11.8 Å². The summed E-state index contributed by atoms with van der Waals surface area (Å²) < 4.78 is 5.05. The van der Waals surface area contributed by atoms with E-state index in [0.717, 1.165) is 38.8 Å². The van der Waals surface area contributed by atoms with Crippen LogP contribution in [0, 0.1) is 5.92 Å². The molecule has 26 heavy (non-hydrogen) atoms. The number of piperidine rings is 1. The number of carbonyl (C=O) groups excluding carboxylic acids is 3. The van der Waals surface area contributed by atoms with Gasteiger partial charge >= 0.3 is 6.09 Å². The number of likely N-dealkylation sites (tertiary alicyclic amines) is 3. The Morgan fingerprint density at radius 2 is 1.65 bits per heavy atom. The molecule has 0 aromatic rings. The summed E-state index contributed by atoms with van der Waals surface area (Å²) in [5.41, 5.74) is 0. The molecule has 3 aliphatic heterocycles. The Labute approximate surface area is 155 Å². The second kappa shape index (κ2) is 8.73. The summed E-state index contributed by atoms with van der Waals surface area (Å²) in [5.74, 6) is 0.0585. The molecule has 0 spiro atoms. The van der Waals surface area contributed by atoms with Gasteiger partial charge in [0.25, 0.3) is 0 Å². The number of amides is 3. The topological polar surface area (TPSA) is 70.2 Å². The first-order valence-corrected chi connectivity index (χ1v) is 10.1. The van der Waals surface area contributed by atoms with Crippen LogP contribution < -0.4 is 0 Å². The molecular weight excluding hydrogens is 334 g/mol. The Hall–Kier alpha value is -1.79. The summed E-state index contributed by atoms with van der Waals surface area (Å²) in [6, 6.07) is 0.134. The highest BCUT2D eigenvalue weighted by Crippen LogP contribution is 2.27. The van der Waals surface area contributed by atoms with E-state index in [-0.39, 0.29) is 29.9 Å². The van der Waals surface area contributed by atoms with E-state index >= 15 is 0 Å². The maximum atomic E-state index is 12.8. The van der Waals surface area contributed by atoms with Crippen molar-refractivity contribution in [1.82, 2.24) is 14.7 Å². The van der Waals surface area contributed by atoms with Gasteiger partial charge in [0.1, 0.15) is 0 Å². The first kappa shape index (κ1) is 19.0. The number of carbonyl (C=O) groups is 3. The van der Waals surface area contributed by atoms with Crippen LogP contribution in [0.25, 0.3) is 0 Å². The molecule has 1 unspecified atom stereocenters. The second-order valence-electron chi connectivity index (χ2n) is 7.60. The first-order valence-electron chi connectivity index (χ1n) is 10.1. The Kier molecular flexibility index (Phi) is 6.38. The molecule has 3 fully saturated rings. The third-order valence-corrected chi connectivity index (χ3v) is 5.86. The number of hydrogen-bond acceptors (Lipinski definition) is 4. The number of ether oxygens (including phenoxy) is 1. The average molecular weight is 365 g/mol. The van der Waals surface area contributed by atoms with E-state index in [9.17, 15) is 14.4 Å². The highest BCUT2D eigenvalue weighted by Gasteiger charge is 2.40. The molecule has 0 saturated carbocycles. The zero-order valence-corrected chi connectivity index (χ0v) is 15.8. The van der Waals surface area contributed by atoms with E-state index in [4.69, 9.17) is 4.74 Å². The van der Waals surface area contributed by atoms with Crippen molar-refractivity contribution in [2.75, 3.05) is 39.3 Å². The van der Waals surface area contributed by atoms with Gasteiger partial charge in [0, 0.05) is 45.2 Å². The molecule has 1 atom stereocenters. The van der Waals surface area contributed by atoms with Crippen molar-refractivity contribution in [3.05, 3.63) is 0 Å². The molecule has 3 aliphatic rings. The molecule has 3 amide bonds. The van der Waals surface area contributed by atoms with E-state index in [0.29, 0.717) is 32.7 Å². The van der Waals surface area contributed by atoms with E-state index in [1.807, 2.05) is 9.80 Å². The number of nitrogens with zero attached hydrogens (tertiary/aromatic N) is 3. The molecule has 146 valence electrons. The van der Waals surface area contributed by atoms with Gasteiger partial charge in [0.2, 0.25) is 11.8 Å². The standard InChI is InChI=1S/C19H31N3O4/c1-2-26-19(25)21-11-7-16(8-12-21)22-14-15(13-17(22)23)18(24)20-9-5-3-4-6-10-20/h15-16H,2-14H2,1H3. The summed E-state index contributed by atoms with van der Waals surface area (Å²) in [7, 11) is 0. The molecule has 0 aliphatic carbocycles. The molecule has 0 bridgehead atoms. The molecule has 0 aromatic carbocycles. The van der Waals surface area contributed by atoms with Crippen molar-refractivity contribution in [3.63, 3.8) is 0 Å². The van der Waals surface area contributed by atoms with E-state index < -0.39 is 0 Å². The predicted octanol–water partition coefficient (Wildman–Crippen LogP) is 1.86. The van der Waals surface area contributed by atoms with E-state index in [1.165, 1.54) is 12.8 Å². The van der Waals surface area contributed by atoms with Gasteiger partial charge in [0.05, 0.1) is 12.5 Å². The lowest BCUT2D eigenvalue weighted by atomic mass is 10.0. The molecule has 7 heteroatoms. The van der Waals surface area contributed by atoms with Crippen molar-refractivity contribution in [2.24, 2.45) is 5.92 Å². The maximum absolute atomic E-state index is 12.8. The molecule has 0 N–H and O–H groups in total. The Bertz CT molecular complexity index is 523. The minimum atomic E-state index is -0.270. The van der Waals surface area contributed by atoms with Crippen molar-refractivity contribution < 1.29 is 19.1 Å². The van der Waals surface area contributed by atoms with Crippen LogP contribution in [-0.4, -0.2) is 78.0 Å². The van der Waals surface area contributed by atoms with Gasteiger partial charge in [-0.2, -0.15) is 0 Å². The molecule has 3 heterocycles. The summed E-state index contributed by atoms with van der Waals surface area (Å²) in [4.78, 5) is 42.7. The van der Waals surface area contributed by atoms with Gasteiger partial charge in [-0.1, -0.05) is 12.8 Å². The van der Waals surface area contributed by atoms with E-state index in [2.05, 4.69) is 0 Å². The Morgan fingerprint density at radius 3 is 2.27 bits per heavy atom. The Morgan fingerprint density at radius 1 is 1.00 bits per heavy atom. The van der Waals surface area contributed by atoms with Crippen LogP contribution in [0.4, 0.5) is 4.79 Å². The quantitative estimate of drug-likeness (QED) is 0.765. The SMILES string of the molecule is CCOC(=O)N1CCC(N2CC(C(=O)N3CCCCCC3)CC2=O)CC1. The lowest BCUT2D eigenvalue weighted by Crippen LogP contribution is -2.47. The number of hydrogen-bond donors (Lipinski definition) is 0. The van der Waals surface area contributed by atoms with Crippen LogP contribution >= 0.6 is 0 Å². The van der Waals surface area contributed by atoms with Crippen LogP contribution in [0.2, 0.25) is 0 Å². The monoisotopic (exact) mass is 365 g/mol. The van der Waals surface area contributed by atoms with Gasteiger partial charge in [0.15, 0.2) is 0 Å². The normalized spacial score (nSPS) is 25.3. The summed E-state index contributed by atoms with van der Waals surface area (Å²) in [6.07, 6.45) is 6.12. The summed E-state index contributed by atoms with van der Waals surface area (Å²) in [5, 5.41) is 0. The van der Waals surface area contributed by atoms with Gasteiger partial charge < -0.3 is 19.4 Å². The van der Waals surface area contributed by atoms with Crippen molar-refractivity contribution >= 4 is 17.9 Å². The highest BCUT2D eigenvalue weighted by atomic mass is 16.6. The molecule has 0 radical (unpaired) electrons. The van der Waals surface area contributed by atoms with Crippen LogP contribution in [-0.2, 0) is 14.3 Å². The highest BCUT2D eigenvalue weighted by molar-refractivity contribution is 5.89. The molecular formula is C19H31N3O4. The fourth-order valence-corrected chi connectivity index (χ4v) is 4.37. The third kappa shape index (κ3) is 4.30. The van der Waals surface area contributed by atoms with Crippen LogP contribution in [0.5, 0.6) is 0 Å². The molecule has 0 aromatic heterocycles. The summed E-state index contributed by atoms with van der Waals surface area (Å²) in [6.45, 7) is 5.61. The van der Waals surface area contributed by atoms with Crippen LogP contribution in [0.1, 0.15) is 51.9 Å². The minimum absolute atomic E-state index is 0.0905. The fraction of sp³-hybridized carbons (Fsp3) is 0.842. The molecule has 3 saturated heterocycles. The van der Waals surface area contributed by atoms with Gasteiger partial charge in [-0.05, 0) is 32.6 Å². The smallest absolute Gasteiger partial charge is 0.409 e. The van der Waals surface area contributed by atoms with Crippen molar-refractivity contribution in [2.45, 2.75) is 57.9 Å². The van der Waals surface area contributed by atoms with Crippen molar-refractivity contribution in [3.8, 4) is 0 Å². The fourth-order valence-electron chi connectivity index (χ4n) is 4.37. The zero-order chi connectivity index (χ0) is 18.5. The Balaban J connectivity index is 1.52. The number of rotatable bonds is 3. The summed E-state index contributed by atoms with van der Waals surface area (Å²) >= 11 is 0. The minimum Gasteiger partial charge on any atom is -0.450 e. The van der Waals surface area contributed by atoms with Gasteiger partial charge in [-0.3, -0.25) is 9.59 Å². The predicted molar refractivity (Wildman–Crippen MR) is 96.5 cm³/mol. The first-order chi connectivity index (χ1) is 12.6. The molecule has 3 rings (SSSR count). The van der Waals surface area contributed by atoms with Crippen molar-refractivity contribution in [1.29, 1.82) is 0 Å². The largest absolute Gasteiger partial charge is 0.450 e. The second-order valence-corrected chi connectivity index (χ2v) is 7.60. The average Bonchev–Trinajstić information content (AvgIpc) is 2.85. The maximum Gasteiger partial charge on any atom is 0.409 e. The van der Waals surface area contributed by atoms with Crippen LogP contribution in [0.15, 0.2) is 0 Å². The van der Waals surface area contributed by atoms with Crippen LogP contribution in [0.3, 0.4) is 0 Å². The van der Waals surface area contributed by atoms with Gasteiger partial charge in [-0.15, -0.1) is 0 Å².